The van der Waals surface area contributed by atoms with Gasteiger partial charge in [-0.2, -0.15) is 0 Å². The first kappa shape index (κ1) is 18.5. The average Bonchev–Trinajstić information content (AvgIpc) is 2.97. The smallest absolute Gasteiger partial charge is 0.268 e. The molecule has 1 unspecified atom stereocenters. The van der Waals surface area contributed by atoms with Crippen LogP contribution in [0.2, 0.25) is 0 Å². The van der Waals surface area contributed by atoms with Gasteiger partial charge in [0, 0.05) is 30.5 Å². The molecule has 4 N–H and O–H groups in total. The van der Waals surface area contributed by atoms with Crippen molar-refractivity contribution < 1.29 is 9.59 Å². The van der Waals surface area contributed by atoms with Gasteiger partial charge in [0.2, 0.25) is 5.91 Å². The number of aromatic nitrogens is 1. The molecular weight excluding hydrogens is 328 g/mol. The SMILES string of the molecule is Cc1ccc(C)c2c(C)c(C(=O)NCCN3CCCC(C(N)=O)C3)[nH]c12. The van der Waals surface area contributed by atoms with Gasteiger partial charge < -0.3 is 20.9 Å². The van der Waals surface area contributed by atoms with Crippen molar-refractivity contribution in [3.63, 3.8) is 0 Å². The van der Waals surface area contributed by atoms with Crippen LogP contribution in [0.5, 0.6) is 0 Å². The van der Waals surface area contributed by atoms with Crippen LogP contribution in [0, 0.1) is 26.7 Å². The molecule has 140 valence electrons. The van der Waals surface area contributed by atoms with E-state index in [1.807, 2.05) is 13.8 Å². The number of likely N-dealkylation sites (tertiary alicyclic amines) is 1. The lowest BCUT2D eigenvalue weighted by Gasteiger charge is -2.31. The first-order chi connectivity index (χ1) is 12.4. The highest BCUT2D eigenvalue weighted by Gasteiger charge is 2.24. The maximum atomic E-state index is 12.6. The monoisotopic (exact) mass is 356 g/mol. The van der Waals surface area contributed by atoms with E-state index >= 15 is 0 Å². The van der Waals surface area contributed by atoms with Gasteiger partial charge in [-0.1, -0.05) is 12.1 Å². The molecule has 3 rings (SSSR count). The largest absolute Gasteiger partial charge is 0.369 e. The topological polar surface area (TPSA) is 91.2 Å². The maximum absolute atomic E-state index is 12.6. The van der Waals surface area contributed by atoms with Gasteiger partial charge in [-0.15, -0.1) is 0 Å². The number of aromatic amines is 1. The van der Waals surface area contributed by atoms with Crippen LogP contribution in [-0.4, -0.2) is 47.9 Å². The Labute approximate surface area is 154 Å². The Hall–Kier alpha value is -2.34. The minimum atomic E-state index is -0.224. The van der Waals surface area contributed by atoms with Gasteiger partial charge in [0.25, 0.3) is 5.91 Å². The fraction of sp³-hybridized carbons (Fsp3) is 0.500. The third-order valence-corrected chi connectivity index (χ3v) is 5.47. The Morgan fingerprint density at radius 3 is 2.69 bits per heavy atom. The average molecular weight is 356 g/mol. The van der Waals surface area contributed by atoms with Gasteiger partial charge in [0.1, 0.15) is 5.69 Å². The van der Waals surface area contributed by atoms with Gasteiger partial charge in [-0.25, -0.2) is 0 Å². The Bertz CT molecular complexity index is 840. The molecule has 1 atom stereocenters. The maximum Gasteiger partial charge on any atom is 0.268 e. The van der Waals surface area contributed by atoms with Crippen molar-refractivity contribution in [1.29, 1.82) is 0 Å². The Kier molecular flexibility index (Phi) is 5.32. The molecule has 1 aliphatic heterocycles. The number of primary amides is 1. The number of nitrogens with zero attached hydrogens (tertiary/aromatic N) is 1. The zero-order chi connectivity index (χ0) is 18.8. The van der Waals surface area contributed by atoms with Crippen molar-refractivity contribution in [2.45, 2.75) is 33.6 Å². The molecule has 6 heteroatoms. The number of piperidine rings is 1. The first-order valence-corrected chi connectivity index (χ1v) is 9.27. The summed E-state index contributed by atoms with van der Waals surface area (Å²) in [5, 5.41) is 4.14. The summed E-state index contributed by atoms with van der Waals surface area (Å²) in [5.74, 6) is -0.375. The molecular formula is C20H28N4O2. The van der Waals surface area contributed by atoms with Crippen LogP contribution in [0.4, 0.5) is 0 Å². The minimum absolute atomic E-state index is 0.0682. The number of rotatable bonds is 5. The summed E-state index contributed by atoms with van der Waals surface area (Å²) >= 11 is 0. The second-order valence-corrected chi connectivity index (χ2v) is 7.37. The number of nitrogens with two attached hydrogens (primary N) is 1. The van der Waals surface area contributed by atoms with Crippen LogP contribution >= 0.6 is 0 Å². The van der Waals surface area contributed by atoms with Gasteiger partial charge in [0.05, 0.1) is 5.92 Å². The minimum Gasteiger partial charge on any atom is -0.369 e. The summed E-state index contributed by atoms with van der Waals surface area (Å²) in [6.07, 6.45) is 1.84. The summed E-state index contributed by atoms with van der Waals surface area (Å²) < 4.78 is 0. The zero-order valence-corrected chi connectivity index (χ0v) is 15.8. The molecule has 0 saturated carbocycles. The molecule has 2 aromatic rings. The van der Waals surface area contributed by atoms with E-state index in [4.69, 9.17) is 5.73 Å². The van der Waals surface area contributed by atoms with E-state index in [0.29, 0.717) is 18.8 Å². The number of hydrogen-bond acceptors (Lipinski definition) is 3. The number of H-pyrrole nitrogens is 1. The van der Waals surface area contributed by atoms with E-state index in [-0.39, 0.29) is 17.7 Å². The summed E-state index contributed by atoms with van der Waals surface area (Å²) in [7, 11) is 0. The van der Waals surface area contributed by atoms with Gasteiger partial charge in [-0.05, 0) is 56.8 Å². The highest BCUT2D eigenvalue weighted by molar-refractivity contribution is 6.02. The van der Waals surface area contributed by atoms with Crippen molar-refractivity contribution in [3.8, 4) is 0 Å². The normalized spacial score (nSPS) is 18.2. The van der Waals surface area contributed by atoms with Gasteiger partial charge in [0.15, 0.2) is 0 Å². The second-order valence-electron chi connectivity index (χ2n) is 7.37. The lowest BCUT2D eigenvalue weighted by atomic mass is 9.97. The van der Waals surface area contributed by atoms with Crippen molar-refractivity contribution in [2.24, 2.45) is 11.7 Å². The number of aryl methyl sites for hydroxylation is 3. The Balaban J connectivity index is 1.63. The molecule has 26 heavy (non-hydrogen) atoms. The van der Waals surface area contributed by atoms with E-state index in [9.17, 15) is 9.59 Å². The predicted octanol–water partition coefficient (Wildman–Crippen LogP) is 2.02. The zero-order valence-electron chi connectivity index (χ0n) is 15.8. The number of benzene rings is 1. The lowest BCUT2D eigenvalue weighted by Crippen LogP contribution is -2.44. The fourth-order valence-corrected chi connectivity index (χ4v) is 3.93. The van der Waals surface area contributed by atoms with Crippen molar-refractivity contribution in [3.05, 3.63) is 34.5 Å². The summed E-state index contributed by atoms with van der Waals surface area (Å²) in [6, 6.07) is 4.16. The van der Waals surface area contributed by atoms with Crippen molar-refractivity contribution >= 4 is 22.7 Å². The number of hydrogen-bond donors (Lipinski definition) is 3. The number of carbonyl (C=O) groups is 2. The number of amides is 2. The summed E-state index contributed by atoms with van der Waals surface area (Å²) in [6.45, 7) is 9.02. The highest BCUT2D eigenvalue weighted by Crippen LogP contribution is 2.27. The number of carbonyl (C=O) groups excluding carboxylic acids is 2. The molecule has 1 aromatic carbocycles. The first-order valence-electron chi connectivity index (χ1n) is 9.27. The third-order valence-electron chi connectivity index (χ3n) is 5.47. The van der Waals surface area contributed by atoms with E-state index in [2.05, 4.69) is 34.3 Å². The van der Waals surface area contributed by atoms with Crippen LogP contribution < -0.4 is 11.1 Å². The van der Waals surface area contributed by atoms with Gasteiger partial charge >= 0.3 is 0 Å². The highest BCUT2D eigenvalue weighted by atomic mass is 16.2. The molecule has 1 saturated heterocycles. The van der Waals surface area contributed by atoms with E-state index in [1.165, 1.54) is 5.56 Å². The van der Waals surface area contributed by atoms with Gasteiger partial charge in [-0.3, -0.25) is 9.59 Å². The van der Waals surface area contributed by atoms with Crippen LogP contribution in [0.1, 0.15) is 40.0 Å². The molecule has 2 amide bonds. The van der Waals surface area contributed by atoms with E-state index in [1.54, 1.807) is 0 Å². The molecule has 1 aliphatic rings. The number of fused-ring (bicyclic) bond motifs is 1. The van der Waals surface area contributed by atoms with Crippen LogP contribution in [0.3, 0.4) is 0 Å². The van der Waals surface area contributed by atoms with Crippen molar-refractivity contribution in [1.82, 2.24) is 15.2 Å². The molecule has 0 bridgehead atoms. The second kappa shape index (κ2) is 7.50. The quantitative estimate of drug-likeness (QED) is 0.765. The fourth-order valence-electron chi connectivity index (χ4n) is 3.93. The number of nitrogens with one attached hydrogen (secondary N) is 2. The Morgan fingerprint density at radius 2 is 2.00 bits per heavy atom. The molecule has 0 radical (unpaired) electrons. The third kappa shape index (κ3) is 3.60. The molecule has 1 aromatic heterocycles. The van der Waals surface area contributed by atoms with Crippen molar-refractivity contribution in [2.75, 3.05) is 26.2 Å². The predicted molar refractivity (Wildman–Crippen MR) is 103 cm³/mol. The summed E-state index contributed by atoms with van der Waals surface area (Å²) in [5.41, 5.74) is 10.4. The molecule has 1 fully saturated rings. The van der Waals surface area contributed by atoms with Crippen LogP contribution in [0.25, 0.3) is 10.9 Å². The molecule has 2 heterocycles. The van der Waals surface area contributed by atoms with E-state index in [0.717, 1.165) is 48.0 Å². The lowest BCUT2D eigenvalue weighted by molar-refractivity contribution is -0.123. The van der Waals surface area contributed by atoms with Crippen LogP contribution in [0.15, 0.2) is 12.1 Å². The molecule has 0 aliphatic carbocycles. The summed E-state index contributed by atoms with van der Waals surface area (Å²) in [4.78, 5) is 29.5. The molecule has 0 spiro atoms. The standard InChI is InChI=1S/C20H28N4O2/c1-12-6-7-13(2)17-16(12)14(3)18(23-17)20(26)22-8-10-24-9-4-5-15(11-24)19(21)25/h6-7,15,23H,4-5,8-11H2,1-3H3,(H2,21,25)(H,22,26). The molecule has 6 nitrogen and oxygen atoms in total. The van der Waals surface area contributed by atoms with E-state index < -0.39 is 0 Å². The Morgan fingerprint density at radius 1 is 1.27 bits per heavy atom. The van der Waals surface area contributed by atoms with Crippen LogP contribution in [-0.2, 0) is 4.79 Å².